The van der Waals surface area contributed by atoms with Gasteiger partial charge in [-0.25, -0.2) is 9.50 Å². The molecular formula is C26H30ClN5O2. The molecule has 8 heteroatoms. The Labute approximate surface area is 204 Å². The van der Waals surface area contributed by atoms with Crippen LogP contribution in [0.2, 0.25) is 5.02 Å². The highest BCUT2D eigenvalue weighted by Gasteiger charge is 2.16. The lowest BCUT2D eigenvalue weighted by Crippen LogP contribution is -2.22. The van der Waals surface area contributed by atoms with Crippen LogP contribution in [0.4, 0.5) is 5.95 Å². The molecule has 0 aliphatic rings. The molecule has 4 aromatic rings. The Hall–Kier alpha value is -3.32. The fourth-order valence-electron chi connectivity index (χ4n) is 3.61. The standard InChI is InChI=1S/C26H30ClN5O2/c1-16-14-20(10-11-21(16)27)34-13-12-17(2)28-25-30-24(29-22-15-23(33)31-32(22)25)18-6-8-19(9-7-18)26(3,4)5/h6-11,14-15,17H,12-13H2,1-5H3,(H,31,33)(H,28,29,30). The van der Waals surface area contributed by atoms with E-state index in [1.165, 1.54) is 11.6 Å². The molecule has 0 fully saturated rings. The first-order chi connectivity index (χ1) is 16.1. The molecule has 1 unspecified atom stereocenters. The lowest BCUT2D eigenvalue weighted by atomic mass is 9.87. The molecule has 1 atom stereocenters. The van der Waals surface area contributed by atoms with Gasteiger partial charge in [0.15, 0.2) is 11.5 Å². The Bertz CT molecular complexity index is 1350. The summed E-state index contributed by atoms with van der Waals surface area (Å²) in [4.78, 5) is 21.3. The smallest absolute Gasteiger partial charge is 0.266 e. The number of ether oxygens (including phenoxy) is 1. The summed E-state index contributed by atoms with van der Waals surface area (Å²) in [6.45, 7) is 11.1. The Balaban J connectivity index is 1.52. The Morgan fingerprint density at radius 1 is 1.12 bits per heavy atom. The molecule has 34 heavy (non-hydrogen) atoms. The molecule has 2 heterocycles. The summed E-state index contributed by atoms with van der Waals surface area (Å²) in [6, 6.07) is 15.4. The van der Waals surface area contributed by atoms with Gasteiger partial charge in [0.25, 0.3) is 5.56 Å². The van der Waals surface area contributed by atoms with Crippen molar-refractivity contribution in [3.05, 3.63) is 75.0 Å². The SMILES string of the molecule is Cc1cc(OCCC(C)Nc2nc(-c3ccc(C(C)(C)C)cc3)nc3cc(=O)[nH]n23)ccc1Cl. The zero-order valence-corrected chi connectivity index (χ0v) is 20.9. The number of H-pyrrole nitrogens is 1. The van der Waals surface area contributed by atoms with Crippen LogP contribution in [0.5, 0.6) is 5.75 Å². The number of nitrogens with one attached hydrogen (secondary N) is 2. The monoisotopic (exact) mass is 479 g/mol. The molecule has 0 saturated heterocycles. The molecular weight excluding hydrogens is 450 g/mol. The molecule has 4 rings (SSSR count). The molecule has 0 bridgehead atoms. The van der Waals surface area contributed by atoms with Gasteiger partial charge in [-0.05, 0) is 48.6 Å². The number of hydrogen-bond donors (Lipinski definition) is 2. The van der Waals surface area contributed by atoms with Crippen LogP contribution in [-0.2, 0) is 5.41 Å². The third-order valence-electron chi connectivity index (χ3n) is 5.69. The highest BCUT2D eigenvalue weighted by Crippen LogP contribution is 2.26. The lowest BCUT2D eigenvalue weighted by Gasteiger charge is -2.19. The second kappa shape index (κ2) is 9.50. The highest BCUT2D eigenvalue weighted by atomic mass is 35.5. The zero-order chi connectivity index (χ0) is 24.5. The summed E-state index contributed by atoms with van der Waals surface area (Å²) in [5.41, 5.74) is 3.45. The van der Waals surface area contributed by atoms with Crippen molar-refractivity contribution in [3.8, 4) is 17.1 Å². The summed E-state index contributed by atoms with van der Waals surface area (Å²) in [7, 11) is 0. The van der Waals surface area contributed by atoms with E-state index >= 15 is 0 Å². The predicted molar refractivity (Wildman–Crippen MR) is 137 cm³/mol. The molecule has 0 saturated carbocycles. The fraction of sp³-hybridized carbons (Fsp3) is 0.346. The average Bonchev–Trinajstić information content (AvgIpc) is 3.16. The summed E-state index contributed by atoms with van der Waals surface area (Å²) in [5.74, 6) is 1.87. The third-order valence-corrected chi connectivity index (χ3v) is 6.11. The summed E-state index contributed by atoms with van der Waals surface area (Å²) < 4.78 is 7.46. The van der Waals surface area contributed by atoms with Gasteiger partial charge in [-0.2, -0.15) is 4.98 Å². The van der Waals surface area contributed by atoms with Crippen molar-refractivity contribution >= 4 is 23.2 Å². The van der Waals surface area contributed by atoms with E-state index in [0.717, 1.165) is 28.3 Å². The van der Waals surface area contributed by atoms with Crippen molar-refractivity contribution in [3.63, 3.8) is 0 Å². The van der Waals surface area contributed by atoms with Gasteiger partial charge in [0.2, 0.25) is 5.95 Å². The number of fused-ring (bicyclic) bond motifs is 1. The van der Waals surface area contributed by atoms with Crippen molar-refractivity contribution < 1.29 is 4.74 Å². The van der Waals surface area contributed by atoms with Gasteiger partial charge in [0.1, 0.15) is 5.75 Å². The highest BCUT2D eigenvalue weighted by molar-refractivity contribution is 6.31. The topological polar surface area (TPSA) is 84.3 Å². The largest absolute Gasteiger partial charge is 0.494 e. The van der Waals surface area contributed by atoms with Crippen LogP contribution in [0.25, 0.3) is 17.0 Å². The third kappa shape index (κ3) is 5.42. The normalized spacial score (nSPS) is 12.6. The maximum Gasteiger partial charge on any atom is 0.266 e. The van der Waals surface area contributed by atoms with Gasteiger partial charge >= 0.3 is 0 Å². The minimum absolute atomic E-state index is 0.0357. The first kappa shape index (κ1) is 23.8. The molecule has 0 amide bonds. The number of halogens is 1. The van der Waals surface area contributed by atoms with Gasteiger partial charge in [0, 0.05) is 29.1 Å². The summed E-state index contributed by atoms with van der Waals surface area (Å²) in [5, 5.41) is 6.88. The number of aromatic amines is 1. The number of rotatable bonds is 7. The van der Waals surface area contributed by atoms with Crippen molar-refractivity contribution in [2.24, 2.45) is 0 Å². The van der Waals surface area contributed by atoms with Crippen LogP contribution in [0, 0.1) is 6.92 Å². The first-order valence-electron chi connectivity index (χ1n) is 11.4. The Morgan fingerprint density at radius 2 is 1.85 bits per heavy atom. The van der Waals surface area contributed by atoms with E-state index in [-0.39, 0.29) is 17.0 Å². The molecule has 2 aromatic carbocycles. The lowest BCUT2D eigenvalue weighted by molar-refractivity contribution is 0.304. The predicted octanol–water partition coefficient (Wildman–Crippen LogP) is 5.61. The second-order valence-corrected chi connectivity index (χ2v) is 10.0. The van der Waals surface area contributed by atoms with E-state index in [1.54, 1.807) is 4.52 Å². The number of benzene rings is 2. The van der Waals surface area contributed by atoms with Crippen molar-refractivity contribution in [1.29, 1.82) is 0 Å². The second-order valence-electron chi connectivity index (χ2n) is 9.61. The van der Waals surface area contributed by atoms with Gasteiger partial charge < -0.3 is 10.1 Å². The van der Waals surface area contributed by atoms with E-state index in [2.05, 4.69) is 48.3 Å². The summed E-state index contributed by atoms with van der Waals surface area (Å²) >= 11 is 6.08. The van der Waals surface area contributed by atoms with Crippen LogP contribution in [0.1, 0.15) is 45.2 Å². The van der Waals surface area contributed by atoms with Gasteiger partial charge in [-0.15, -0.1) is 0 Å². The van der Waals surface area contributed by atoms with Crippen LogP contribution in [0.3, 0.4) is 0 Å². The van der Waals surface area contributed by atoms with Gasteiger partial charge in [0.05, 0.1) is 6.61 Å². The van der Waals surface area contributed by atoms with Crippen molar-refractivity contribution in [2.75, 3.05) is 11.9 Å². The average molecular weight is 480 g/mol. The minimum Gasteiger partial charge on any atom is -0.494 e. The quantitative estimate of drug-likeness (QED) is 0.359. The number of hydrogen-bond acceptors (Lipinski definition) is 5. The van der Waals surface area contributed by atoms with Crippen LogP contribution in [0.15, 0.2) is 53.3 Å². The number of nitrogens with zero attached hydrogens (tertiary/aromatic N) is 3. The molecule has 0 radical (unpaired) electrons. The number of aromatic nitrogens is 4. The van der Waals surface area contributed by atoms with Crippen LogP contribution in [-0.4, -0.2) is 32.2 Å². The zero-order valence-electron chi connectivity index (χ0n) is 20.1. The maximum absolute atomic E-state index is 12.0. The molecule has 178 valence electrons. The van der Waals surface area contributed by atoms with E-state index in [9.17, 15) is 4.79 Å². The molecule has 0 aliphatic carbocycles. The van der Waals surface area contributed by atoms with E-state index in [0.29, 0.717) is 24.0 Å². The fourth-order valence-corrected chi connectivity index (χ4v) is 3.72. The van der Waals surface area contributed by atoms with E-state index in [4.69, 9.17) is 21.3 Å². The van der Waals surface area contributed by atoms with Crippen molar-refractivity contribution in [1.82, 2.24) is 19.6 Å². The van der Waals surface area contributed by atoms with E-state index < -0.39 is 0 Å². The van der Waals surface area contributed by atoms with Crippen molar-refractivity contribution in [2.45, 2.75) is 52.5 Å². The Morgan fingerprint density at radius 3 is 2.53 bits per heavy atom. The van der Waals surface area contributed by atoms with E-state index in [1.807, 2.05) is 44.2 Å². The van der Waals surface area contributed by atoms with Crippen LogP contribution >= 0.6 is 11.6 Å². The molecule has 2 aromatic heterocycles. The van der Waals surface area contributed by atoms with Gasteiger partial charge in [-0.3, -0.25) is 9.89 Å². The first-order valence-corrected chi connectivity index (χ1v) is 11.7. The summed E-state index contributed by atoms with van der Waals surface area (Å²) in [6.07, 6.45) is 0.730. The van der Waals surface area contributed by atoms with Crippen LogP contribution < -0.4 is 15.6 Å². The Kier molecular flexibility index (Phi) is 6.66. The number of aryl methyl sites for hydroxylation is 1. The molecule has 0 aliphatic heterocycles. The molecule has 0 spiro atoms. The maximum atomic E-state index is 12.0. The minimum atomic E-state index is -0.230. The van der Waals surface area contributed by atoms with Gasteiger partial charge in [-0.1, -0.05) is 56.6 Å². The molecule has 2 N–H and O–H groups in total. The number of anilines is 1. The molecule has 7 nitrogen and oxygen atoms in total.